The van der Waals surface area contributed by atoms with Crippen LogP contribution in [0.25, 0.3) is 0 Å². The van der Waals surface area contributed by atoms with E-state index in [1.54, 1.807) is 0 Å². The van der Waals surface area contributed by atoms with Crippen LogP contribution in [-0.4, -0.2) is 36.5 Å². The lowest BCUT2D eigenvalue weighted by Gasteiger charge is -2.31. The molecule has 0 spiro atoms. The SMILES string of the molecule is CCC1CCNC(C(=O)N2CCC(C(C)C)C2)C1. The van der Waals surface area contributed by atoms with Gasteiger partial charge in [0.1, 0.15) is 0 Å². The van der Waals surface area contributed by atoms with E-state index in [4.69, 9.17) is 0 Å². The molecule has 3 nitrogen and oxygen atoms in total. The molecule has 0 aliphatic carbocycles. The summed E-state index contributed by atoms with van der Waals surface area (Å²) in [5.74, 6) is 2.50. The van der Waals surface area contributed by atoms with Crippen molar-refractivity contribution in [1.29, 1.82) is 0 Å². The number of nitrogens with zero attached hydrogens (tertiary/aromatic N) is 1. The van der Waals surface area contributed by atoms with E-state index in [2.05, 4.69) is 31.0 Å². The first-order valence-electron chi connectivity index (χ1n) is 7.64. The lowest BCUT2D eigenvalue weighted by molar-refractivity contribution is -0.133. The molecule has 3 atom stereocenters. The second-order valence-electron chi connectivity index (χ2n) is 6.38. The summed E-state index contributed by atoms with van der Waals surface area (Å²) >= 11 is 0. The molecule has 2 heterocycles. The Morgan fingerprint density at radius 2 is 2.17 bits per heavy atom. The Bertz CT molecular complexity index is 290. The molecule has 0 radical (unpaired) electrons. The topological polar surface area (TPSA) is 32.3 Å². The van der Waals surface area contributed by atoms with E-state index in [-0.39, 0.29) is 6.04 Å². The van der Waals surface area contributed by atoms with Crippen LogP contribution >= 0.6 is 0 Å². The van der Waals surface area contributed by atoms with Crippen molar-refractivity contribution in [3.63, 3.8) is 0 Å². The van der Waals surface area contributed by atoms with Crippen LogP contribution in [0.3, 0.4) is 0 Å². The number of carbonyl (C=O) groups excluding carboxylic acids is 1. The van der Waals surface area contributed by atoms with E-state index in [0.29, 0.717) is 17.7 Å². The van der Waals surface area contributed by atoms with E-state index in [9.17, 15) is 4.79 Å². The van der Waals surface area contributed by atoms with Crippen LogP contribution in [0, 0.1) is 17.8 Å². The minimum atomic E-state index is 0.0922. The van der Waals surface area contributed by atoms with E-state index in [0.717, 1.165) is 32.0 Å². The predicted octanol–water partition coefficient (Wildman–Crippen LogP) is 2.27. The summed E-state index contributed by atoms with van der Waals surface area (Å²) < 4.78 is 0. The Kier molecular flexibility index (Phi) is 4.66. The maximum Gasteiger partial charge on any atom is 0.239 e. The molecule has 2 saturated heterocycles. The number of nitrogens with one attached hydrogen (secondary N) is 1. The largest absolute Gasteiger partial charge is 0.341 e. The lowest BCUT2D eigenvalue weighted by Crippen LogP contribution is -2.49. The van der Waals surface area contributed by atoms with Gasteiger partial charge in [0.15, 0.2) is 0 Å². The van der Waals surface area contributed by atoms with Gasteiger partial charge in [-0.2, -0.15) is 0 Å². The van der Waals surface area contributed by atoms with Crippen molar-refractivity contribution in [3.8, 4) is 0 Å². The third kappa shape index (κ3) is 3.05. The average molecular weight is 252 g/mol. The first-order chi connectivity index (χ1) is 8.61. The maximum absolute atomic E-state index is 12.5. The molecule has 1 amide bonds. The summed E-state index contributed by atoms with van der Waals surface area (Å²) in [5.41, 5.74) is 0. The highest BCUT2D eigenvalue weighted by molar-refractivity contribution is 5.82. The standard InChI is InChI=1S/C15H28N2O/c1-4-12-5-7-16-14(9-12)15(18)17-8-6-13(10-17)11(2)3/h11-14,16H,4-10H2,1-3H3. The second kappa shape index (κ2) is 6.05. The van der Waals surface area contributed by atoms with Crippen LogP contribution in [0.1, 0.15) is 46.5 Å². The number of hydrogen-bond donors (Lipinski definition) is 1. The molecule has 0 saturated carbocycles. The predicted molar refractivity (Wildman–Crippen MR) is 74.3 cm³/mol. The summed E-state index contributed by atoms with van der Waals surface area (Å²) in [5, 5.41) is 3.41. The Morgan fingerprint density at radius 3 is 2.78 bits per heavy atom. The molecule has 3 heteroatoms. The van der Waals surface area contributed by atoms with Crippen LogP contribution < -0.4 is 5.32 Å². The smallest absolute Gasteiger partial charge is 0.239 e. The van der Waals surface area contributed by atoms with Crippen molar-refractivity contribution in [2.45, 2.75) is 52.5 Å². The van der Waals surface area contributed by atoms with E-state index in [1.165, 1.54) is 19.3 Å². The lowest BCUT2D eigenvalue weighted by atomic mass is 9.90. The van der Waals surface area contributed by atoms with Gasteiger partial charge in [-0.3, -0.25) is 4.79 Å². The minimum Gasteiger partial charge on any atom is -0.341 e. The van der Waals surface area contributed by atoms with Crippen LogP contribution in [0.4, 0.5) is 0 Å². The van der Waals surface area contributed by atoms with Gasteiger partial charge >= 0.3 is 0 Å². The molecule has 2 aliphatic heterocycles. The molecule has 2 fully saturated rings. The van der Waals surface area contributed by atoms with Crippen molar-refractivity contribution in [2.75, 3.05) is 19.6 Å². The molecule has 0 aromatic heterocycles. The minimum absolute atomic E-state index is 0.0922. The molecule has 18 heavy (non-hydrogen) atoms. The van der Waals surface area contributed by atoms with Crippen molar-refractivity contribution < 1.29 is 4.79 Å². The van der Waals surface area contributed by atoms with Gasteiger partial charge < -0.3 is 10.2 Å². The number of hydrogen-bond acceptors (Lipinski definition) is 2. The molecular weight excluding hydrogens is 224 g/mol. The summed E-state index contributed by atoms with van der Waals surface area (Å²) in [6.45, 7) is 9.73. The zero-order valence-corrected chi connectivity index (χ0v) is 12.1. The molecule has 3 unspecified atom stereocenters. The maximum atomic E-state index is 12.5. The fourth-order valence-electron chi connectivity index (χ4n) is 3.31. The molecule has 104 valence electrons. The molecule has 0 aromatic carbocycles. The summed E-state index contributed by atoms with van der Waals surface area (Å²) in [6, 6.07) is 0.0922. The van der Waals surface area contributed by atoms with Crippen molar-refractivity contribution in [3.05, 3.63) is 0 Å². The Balaban J connectivity index is 1.88. The zero-order valence-electron chi connectivity index (χ0n) is 12.1. The van der Waals surface area contributed by atoms with Gasteiger partial charge in [0, 0.05) is 13.1 Å². The van der Waals surface area contributed by atoms with Crippen molar-refractivity contribution in [1.82, 2.24) is 10.2 Å². The fraction of sp³-hybridized carbons (Fsp3) is 0.933. The van der Waals surface area contributed by atoms with Gasteiger partial charge in [0.2, 0.25) is 5.91 Å². The third-order valence-electron chi connectivity index (χ3n) is 4.87. The number of amides is 1. The second-order valence-corrected chi connectivity index (χ2v) is 6.38. The summed E-state index contributed by atoms with van der Waals surface area (Å²) in [6.07, 6.45) is 4.67. The Labute approximate surface area is 111 Å². The Morgan fingerprint density at radius 1 is 1.39 bits per heavy atom. The van der Waals surface area contributed by atoms with Gasteiger partial charge in [-0.15, -0.1) is 0 Å². The highest BCUT2D eigenvalue weighted by atomic mass is 16.2. The van der Waals surface area contributed by atoms with Crippen LogP contribution in [0.5, 0.6) is 0 Å². The van der Waals surface area contributed by atoms with Gasteiger partial charge in [-0.1, -0.05) is 27.2 Å². The molecule has 0 bridgehead atoms. The summed E-state index contributed by atoms with van der Waals surface area (Å²) in [4.78, 5) is 14.6. The molecule has 0 aromatic rings. The third-order valence-corrected chi connectivity index (χ3v) is 4.87. The van der Waals surface area contributed by atoms with Gasteiger partial charge in [0.25, 0.3) is 0 Å². The number of likely N-dealkylation sites (tertiary alicyclic amines) is 1. The number of rotatable bonds is 3. The van der Waals surface area contributed by atoms with Gasteiger partial charge in [-0.05, 0) is 43.6 Å². The van der Waals surface area contributed by atoms with E-state index >= 15 is 0 Å². The fourth-order valence-corrected chi connectivity index (χ4v) is 3.31. The molecule has 2 rings (SSSR count). The molecule has 1 N–H and O–H groups in total. The summed E-state index contributed by atoms with van der Waals surface area (Å²) in [7, 11) is 0. The first kappa shape index (κ1) is 13.9. The highest BCUT2D eigenvalue weighted by Gasteiger charge is 2.34. The van der Waals surface area contributed by atoms with E-state index < -0.39 is 0 Å². The average Bonchev–Trinajstić information content (AvgIpc) is 2.87. The van der Waals surface area contributed by atoms with Gasteiger partial charge in [-0.25, -0.2) is 0 Å². The van der Waals surface area contributed by atoms with Crippen molar-refractivity contribution in [2.24, 2.45) is 17.8 Å². The van der Waals surface area contributed by atoms with Crippen LogP contribution in [-0.2, 0) is 4.79 Å². The normalized spacial score (nSPS) is 33.1. The first-order valence-corrected chi connectivity index (χ1v) is 7.64. The zero-order chi connectivity index (χ0) is 13.1. The van der Waals surface area contributed by atoms with Crippen LogP contribution in [0.2, 0.25) is 0 Å². The molecule has 2 aliphatic rings. The van der Waals surface area contributed by atoms with E-state index in [1.807, 2.05) is 0 Å². The number of carbonyl (C=O) groups is 1. The van der Waals surface area contributed by atoms with Gasteiger partial charge in [0.05, 0.1) is 6.04 Å². The monoisotopic (exact) mass is 252 g/mol. The Hall–Kier alpha value is -0.570. The number of piperidine rings is 1. The molecular formula is C15H28N2O. The van der Waals surface area contributed by atoms with Crippen molar-refractivity contribution >= 4 is 5.91 Å². The quantitative estimate of drug-likeness (QED) is 0.835. The van der Waals surface area contributed by atoms with Crippen LogP contribution in [0.15, 0.2) is 0 Å². The highest BCUT2D eigenvalue weighted by Crippen LogP contribution is 2.26.